The Morgan fingerprint density at radius 2 is 1.87 bits per heavy atom. The highest BCUT2D eigenvalue weighted by Crippen LogP contribution is 2.36. The van der Waals surface area contributed by atoms with Crippen molar-refractivity contribution in [1.29, 1.82) is 0 Å². The molecule has 2 aromatic rings. The van der Waals surface area contributed by atoms with Crippen LogP contribution in [0.25, 0.3) is 11.1 Å². The Morgan fingerprint density at radius 1 is 1.17 bits per heavy atom. The molecule has 2 aromatic carbocycles. The van der Waals surface area contributed by atoms with Crippen LogP contribution in [0.4, 0.5) is 0 Å². The Bertz CT molecular complexity index is 678. The molecule has 2 rings (SSSR count). The summed E-state index contributed by atoms with van der Waals surface area (Å²) in [5.74, 6) is -0.527. The summed E-state index contributed by atoms with van der Waals surface area (Å²) in [6.45, 7) is 2.51. The van der Waals surface area contributed by atoms with Crippen molar-refractivity contribution in [3.63, 3.8) is 0 Å². The number of carbonyl (C=O) groups is 1. The first-order chi connectivity index (χ1) is 11.1. The third-order valence-corrected chi connectivity index (χ3v) is 3.90. The number of phenols is 1. The largest absolute Gasteiger partial charge is 0.507 e. The number of rotatable bonds is 6. The van der Waals surface area contributed by atoms with Crippen molar-refractivity contribution < 1.29 is 19.4 Å². The molecule has 0 aliphatic heterocycles. The van der Waals surface area contributed by atoms with E-state index in [1.165, 1.54) is 7.11 Å². The van der Waals surface area contributed by atoms with E-state index < -0.39 is 5.97 Å². The summed E-state index contributed by atoms with van der Waals surface area (Å²) in [5.41, 5.74) is 3.51. The molecule has 0 heterocycles. The van der Waals surface area contributed by atoms with E-state index in [2.05, 4.69) is 0 Å². The molecule has 0 radical (unpaired) electrons. The second-order valence-corrected chi connectivity index (χ2v) is 5.24. The molecule has 0 spiro atoms. The lowest BCUT2D eigenvalue weighted by Gasteiger charge is -2.17. The first-order valence-electron chi connectivity index (χ1n) is 7.64. The van der Waals surface area contributed by atoms with Crippen molar-refractivity contribution in [3.05, 3.63) is 53.1 Å². The van der Waals surface area contributed by atoms with Gasteiger partial charge in [-0.25, -0.2) is 4.79 Å². The predicted octanol–water partition coefficient (Wildman–Crippen LogP) is 3.60. The van der Waals surface area contributed by atoms with Crippen LogP contribution < -0.4 is 0 Å². The van der Waals surface area contributed by atoms with Crippen molar-refractivity contribution in [2.45, 2.75) is 19.8 Å². The van der Waals surface area contributed by atoms with Crippen LogP contribution in [0.2, 0.25) is 0 Å². The molecule has 0 aromatic heterocycles. The van der Waals surface area contributed by atoms with E-state index in [-0.39, 0.29) is 11.3 Å². The van der Waals surface area contributed by atoms with Crippen LogP contribution >= 0.6 is 0 Å². The highest BCUT2D eigenvalue weighted by molar-refractivity contribution is 6.00. The molecule has 0 bridgehead atoms. The van der Waals surface area contributed by atoms with Crippen LogP contribution in [-0.2, 0) is 22.3 Å². The molecule has 0 fully saturated rings. The van der Waals surface area contributed by atoms with Crippen molar-refractivity contribution in [2.24, 2.45) is 0 Å². The molecule has 0 unspecified atom stereocenters. The second kappa shape index (κ2) is 7.79. The Morgan fingerprint density at radius 3 is 2.43 bits per heavy atom. The van der Waals surface area contributed by atoms with E-state index in [0.29, 0.717) is 25.0 Å². The number of ether oxygens (including phenoxy) is 2. The standard InChI is InChI=1S/C19H22O4/c1-4-15-14(10-11-22-2)12-16(13-8-6-5-7-9-13)17(18(15)20)19(21)23-3/h5-9,12,20H,4,10-11H2,1-3H3. The summed E-state index contributed by atoms with van der Waals surface area (Å²) in [6, 6.07) is 11.5. The fraction of sp³-hybridized carbons (Fsp3) is 0.316. The molecule has 4 heteroatoms. The highest BCUT2D eigenvalue weighted by atomic mass is 16.5. The molecular formula is C19H22O4. The van der Waals surface area contributed by atoms with E-state index in [0.717, 1.165) is 16.7 Å². The Hall–Kier alpha value is -2.33. The number of hydrogen-bond acceptors (Lipinski definition) is 4. The molecule has 122 valence electrons. The van der Waals surface area contributed by atoms with Crippen LogP contribution in [-0.4, -0.2) is 31.9 Å². The number of phenolic OH excluding ortho intramolecular Hbond substituents is 1. The van der Waals surface area contributed by atoms with E-state index in [9.17, 15) is 9.90 Å². The minimum atomic E-state index is -0.533. The van der Waals surface area contributed by atoms with Gasteiger partial charge in [-0.1, -0.05) is 37.3 Å². The van der Waals surface area contributed by atoms with E-state index in [4.69, 9.17) is 9.47 Å². The van der Waals surface area contributed by atoms with Gasteiger partial charge in [0.05, 0.1) is 13.7 Å². The SMILES string of the molecule is CCc1c(CCOC)cc(-c2ccccc2)c(C(=O)OC)c1O. The molecule has 0 aliphatic carbocycles. The number of hydrogen-bond donors (Lipinski definition) is 1. The van der Waals surface area contributed by atoms with Gasteiger partial charge in [0.25, 0.3) is 0 Å². The third kappa shape index (κ3) is 3.54. The number of esters is 1. The summed E-state index contributed by atoms with van der Waals surface area (Å²) in [6.07, 6.45) is 1.30. The maximum Gasteiger partial charge on any atom is 0.342 e. The van der Waals surface area contributed by atoms with Gasteiger partial charge in [0.2, 0.25) is 0 Å². The van der Waals surface area contributed by atoms with Crippen LogP contribution in [0, 0.1) is 0 Å². The molecule has 0 saturated carbocycles. The van der Waals surface area contributed by atoms with Crippen molar-refractivity contribution in [1.82, 2.24) is 0 Å². The van der Waals surface area contributed by atoms with E-state index in [1.807, 2.05) is 43.3 Å². The first-order valence-corrected chi connectivity index (χ1v) is 7.64. The van der Waals surface area contributed by atoms with Gasteiger partial charge in [-0.15, -0.1) is 0 Å². The number of methoxy groups -OCH3 is 2. The van der Waals surface area contributed by atoms with Crippen LogP contribution in [0.5, 0.6) is 5.75 Å². The fourth-order valence-electron chi connectivity index (χ4n) is 2.75. The monoisotopic (exact) mass is 314 g/mol. The van der Waals surface area contributed by atoms with Gasteiger partial charge in [-0.3, -0.25) is 0 Å². The molecular weight excluding hydrogens is 292 g/mol. The predicted molar refractivity (Wildman–Crippen MR) is 89.8 cm³/mol. The zero-order valence-electron chi connectivity index (χ0n) is 13.8. The van der Waals surface area contributed by atoms with Gasteiger partial charge in [-0.2, -0.15) is 0 Å². The molecule has 0 amide bonds. The normalized spacial score (nSPS) is 10.6. The van der Waals surface area contributed by atoms with Gasteiger partial charge in [0.15, 0.2) is 0 Å². The highest BCUT2D eigenvalue weighted by Gasteiger charge is 2.23. The minimum Gasteiger partial charge on any atom is -0.507 e. The molecule has 4 nitrogen and oxygen atoms in total. The van der Waals surface area contributed by atoms with Gasteiger partial charge in [0, 0.05) is 12.7 Å². The minimum absolute atomic E-state index is 0.00630. The van der Waals surface area contributed by atoms with Crippen LogP contribution in [0.3, 0.4) is 0 Å². The first kappa shape index (κ1) is 17.0. The van der Waals surface area contributed by atoms with Gasteiger partial charge in [0.1, 0.15) is 11.3 Å². The average molecular weight is 314 g/mol. The summed E-state index contributed by atoms with van der Waals surface area (Å²) in [5, 5.41) is 10.7. The summed E-state index contributed by atoms with van der Waals surface area (Å²) in [4.78, 5) is 12.2. The van der Waals surface area contributed by atoms with E-state index >= 15 is 0 Å². The number of aromatic hydroxyl groups is 1. The molecule has 23 heavy (non-hydrogen) atoms. The van der Waals surface area contributed by atoms with Crippen molar-refractivity contribution in [3.8, 4) is 16.9 Å². The Labute approximate surface area is 136 Å². The number of benzene rings is 2. The molecule has 0 aliphatic rings. The topological polar surface area (TPSA) is 55.8 Å². The van der Waals surface area contributed by atoms with Gasteiger partial charge in [-0.05, 0) is 35.6 Å². The maximum absolute atomic E-state index is 12.2. The maximum atomic E-state index is 12.2. The Kier molecular flexibility index (Phi) is 5.77. The van der Waals surface area contributed by atoms with Crippen LogP contribution in [0.15, 0.2) is 36.4 Å². The quantitative estimate of drug-likeness (QED) is 0.828. The molecule has 1 N–H and O–H groups in total. The lowest BCUT2D eigenvalue weighted by Crippen LogP contribution is -2.09. The van der Waals surface area contributed by atoms with Gasteiger partial charge >= 0.3 is 5.97 Å². The van der Waals surface area contributed by atoms with Gasteiger partial charge < -0.3 is 14.6 Å². The van der Waals surface area contributed by atoms with Crippen molar-refractivity contribution >= 4 is 5.97 Å². The zero-order valence-corrected chi connectivity index (χ0v) is 13.8. The van der Waals surface area contributed by atoms with Crippen LogP contribution in [0.1, 0.15) is 28.4 Å². The summed E-state index contributed by atoms with van der Waals surface area (Å²) >= 11 is 0. The summed E-state index contributed by atoms with van der Waals surface area (Å²) in [7, 11) is 2.97. The Balaban J connectivity index is 2.71. The third-order valence-electron chi connectivity index (χ3n) is 3.90. The average Bonchev–Trinajstić information content (AvgIpc) is 2.59. The smallest absolute Gasteiger partial charge is 0.342 e. The number of carbonyl (C=O) groups excluding carboxylic acids is 1. The molecule has 0 atom stereocenters. The molecule has 0 saturated heterocycles. The lowest BCUT2D eigenvalue weighted by molar-refractivity contribution is 0.0598. The second-order valence-electron chi connectivity index (χ2n) is 5.24. The van der Waals surface area contributed by atoms with Crippen molar-refractivity contribution in [2.75, 3.05) is 20.8 Å². The zero-order chi connectivity index (χ0) is 16.8. The fourth-order valence-corrected chi connectivity index (χ4v) is 2.75. The summed E-state index contributed by atoms with van der Waals surface area (Å²) < 4.78 is 10.0. The van der Waals surface area contributed by atoms with E-state index in [1.54, 1.807) is 7.11 Å². The lowest BCUT2D eigenvalue weighted by atomic mass is 9.90.